The van der Waals surface area contributed by atoms with E-state index in [9.17, 15) is 13.2 Å². The molecule has 0 bridgehead atoms. The van der Waals surface area contributed by atoms with E-state index >= 15 is 0 Å². The van der Waals surface area contributed by atoms with Crippen molar-refractivity contribution >= 4 is 44.6 Å². The summed E-state index contributed by atoms with van der Waals surface area (Å²) < 4.78 is 26.0. The van der Waals surface area contributed by atoms with Crippen molar-refractivity contribution in [3.8, 4) is 0 Å². The molecule has 0 fully saturated rings. The third kappa shape index (κ3) is 3.03. The van der Waals surface area contributed by atoms with E-state index in [1.165, 1.54) is 12.1 Å². The zero-order valence-electron chi connectivity index (χ0n) is 9.20. The highest BCUT2D eigenvalue weighted by molar-refractivity contribution is 7.94. The minimum absolute atomic E-state index is 0.247. The van der Waals surface area contributed by atoms with Crippen molar-refractivity contribution in [1.29, 1.82) is 0 Å². The fraction of sp³-hybridized carbons (Fsp3) is 0. The van der Waals surface area contributed by atoms with Crippen LogP contribution in [-0.2, 0) is 10.0 Å². The number of halogens is 1. The van der Waals surface area contributed by atoms with Gasteiger partial charge in [0, 0.05) is 5.02 Å². The van der Waals surface area contributed by atoms with Crippen molar-refractivity contribution in [3.05, 3.63) is 40.5 Å². The van der Waals surface area contributed by atoms with Crippen LogP contribution in [0.25, 0.3) is 0 Å². The van der Waals surface area contributed by atoms with Crippen LogP contribution in [0.15, 0.2) is 34.0 Å². The van der Waals surface area contributed by atoms with Gasteiger partial charge in [0.25, 0.3) is 10.0 Å². The number of nitrogens with zero attached hydrogens (tertiary/aromatic N) is 1. The number of aromatic carboxylic acids is 1. The standard InChI is InChI=1S/C10H7ClN2O4S2/c11-6-2-1-3-7(4-6)13-19(16,17)10-8(9(14)15)12-5-18-10/h1-5,13H,(H,14,15). The van der Waals surface area contributed by atoms with Gasteiger partial charge in [0.2, 0.25) is 0 Å². The number of aromatic nitrogens is 1. The minimum Gasteiger partial charge on any atom is -0.476 e. The molecule has 0 aliphatic rings. The number of hydrogen-bond donors (Lipinski definition) is 2. The van der Waals surface area contributed by atoms with Crippen LogP contribution in [0.1, 0.15) is 10.5 Å². The number of hydrogen-bond acceptors (Lipinski definition) is 5. The zero-order chi connectivity index (χ0) is 14.0. The van der Waals surface area contributed by atoms with Gasteiger partial charge in [-0.15, -0.1) is 11.3 Å². The summed E-state index contributed by atoms with van der Waals surface area (Å²) in [5.74, 6) is -1.40. The summed E-state index contributed by atoms with van der Waals surface area (Å²) in [6.07, 6.45) is 0. The lowest BCUT2D eigenvalue weighted by Gasteiger charge is -2.06. The third-order valence-electron chi connectivity index (χ3n) is 2.06. The SMILES string of the molecule is O=C(O)c1ncsc1S(=O)(=O)Nc1cccc(Cl)c1. The molecule has 9 heteroatoms. The maximum absolute atomic E-state index is 12.1. The summed E-state index contributed by atoms with van der Waals surface area (Å²) in [5, 5.41) is 9.22. The Labute approximate surface area is 117 Å². The van der Waals surface area contributed by atoms with Crippen molar-refractivity contribution in [2.45, 2.75) is 4.21 Å². The van der Waals surface area contributed by atoms with Gasteiger partial charge < -0.3 is 5.11 Å². The smallest absolute Gasteiger partial charge is 0.356 e. The topological polar surface area (TPSA) is 96.4 Å². The zero-order valence-corrected chi connectivity index (χ0v) is 11.6. The summed E-state index contributed by atoms with van der Waals surface area (Å²) >= 11 is 6.47. The highest BCUT2D eigenvalue weighted by Gasteiger charge is 2.25. The molecule has 0 saturated heterocycles. The van der Waals surface area contributed by atoms with Gasteiger partial charge in [-0.3, -0.25) is 4.72 Å². The Morgan fingerprint density at radius 3 is 2.79 bits per heavy atom. The Bertz CT molecular complexity index is 727. The molecule has 2 N–H and O–H groups in total. The van der Waals surface area contributed by atoms with Crippen LogP contribution < -0.4 is 4.72 Å². The first kappa shape index (κ1) is 13.8. The van der Waals surface area contributed by atoms with Gasteiger partial charge in [-0.2, -0.15) is 0 Å². The molecule has 1 heterocycles. The molecule has 0 aliphatic carbocycles. The second-order valence-electron chi connectivity index (χ2n) is 3.41. The normalized spacial score (nSPS) is 11.2. The van der Waals surface area contributed by atoms with E-state index in [0.29, 0.717) is 5.02 Å². The molecule has 0 saturated carbocycles. The second-order valence-corrected chi connectivity index (χ2v) is 6.58. The molecule has 0 aliphatic heterocycles. The Morgan fingerprint density at radius 1 is 1.42 bits per heavy atom. The Morgan fingerprint density at radius 2 is 2.16 bits per heavy atom. The molecule has 19 heavy (non-hydrogen) atoms. The van der Waals surface area contributed by atoms with E-state index in [1.54, 1.807) is 12.1 Å². The lowest BCUT2D eigenvalue weighted by atomic mass is 10.3. The lowest BCUT2D eigenvalue weighted by molar-refractivity contribution is 0.0687. The van der Waals surface area contributed by atoms with E-state index in [1.807, 2.05) is 0 Å². The average molecular weight is 319 g/mol. The number of anilines is 1. The van der Waals surface area contributed by atoms with Crippen molar-refractivity contribution < 1.29 is 18.3 Å². The third-order valence-corrected chi connectivity index (χ3v) is 5.04. The van der Waals surface area contributed by atoms with E-state index in [0.717, 1.165) is 16.8 Å². The predicted molar refractivity (Wildman–Crippen MR) is 71.3 cm³/mol. The Balaban J connectivity index is 2.38. The highest BCUT2D eigenvalue weighted by atomic mass is 35.5. The number of carboxylic acid groups (broad SMARTS) is 1. The van der Waals surface area contributed by atoms with Crippen LogP contribution in [-0.4, -0.2) is 24.5 Å². The summed E-state index contributed by atoms with van der Waals surface area (Å²) in [7, 11) is -4.00. The first-order chi connectivity index (χ1) is 8.90. The Hall–Kier alpha value is -1.64. The van der Waals surface area contributed by atoms with E-state index in [4.69, 9.17) is 16.7 Å². The van der Waals surface area contributed by atoms with Crippen LogP contribution in [0, 0.1) is 0 Å². The maximum Gasteiger partial charge on any atom is 0.356 e. The van der Waals surface area contributed by atoms with Crippen LogP contribution in [0.5, 0.6) is 0 Å². The van der Waals surface area contributed by atoms with Crippen molar-refractivity contribution in [2.75, 3.05) is 4.72 Å². The summed E-state index contributed by atoms with van der Waals surface area (Å²) in [4.78, 5) is 14.4. The highest BCUT2D eigenvalue weighted by Crippen LogP contribution is 2.24. The fourth-order valence-electron chi connectivity index (χ4n) is 1.32. The van der Waals surface area contributed by atoms with E-state index in [-0.39, 0.29) is 9.90 Å². The number of rotatable bonds is 4. The van der Waals surface area contributed by atoms with Gasteiger partial charge in [-0.05, 0) is 18.2 Å². The summed E-state index contributed by atoms with van der Waals surface area (Å²) in [6.45, 7) is 0. The van der Waals surface area contributed by atoms with Crippen LogP contribution in [0.2, 0.25) is 5.02 Å². The van der Waals surface area contributed by atoms with Crippen molar-refractivity contribution in [2.24, 2.45) is 0 Å². The number of carboxylic acids is 1. The largest absolute Gasteiger partial charge is 0.476 e. The molecule has 2 aromatic rings. The van der Waals surface area contributed by atoms with Gasteiger partial charge in [0.15, 0.2) is 9.90 Å². The van der Waals surface area contributed by atoms with Gasteiger partial charge in [-0.1, -0.05) is 17.7 Å². The molecule has 100 valence electrons. The molecule has 1 aromatic carbocycles. The number of benzene rings is 1. The number of carbonyl (C=O) groups is 1. The molecular formula is C10H7ClN2O4S2. The Kier molecular flexibility index (Phi) is 3.74. The fourth-order valence-corrected chi connectivity index (χ4v) is 3.70. The quantitative estimate of drug-likeness (QED) is 0.901. The molecule has 6 nitrogen and oxygen atoms in total. The first-order valence-electron chi connectivity index (χ1n) is 4.85. The van der Waals surface area contributed by atoms with E-state index in [2.05, 4.69) is 9.71 Å². The van der Waals surface area contributed by atoms with Gasteiger partial charge in [0.1, 0.15) is 0 Å². The predicted octanol–water partition coefficient (Wildman–Crippen LogP) is 2.30. The number of thiazole rings is 1. The van der Waals surface area contributed by atoms with Crippen LogP contribution in [0.4, 0.5) is 5.69 Å². The molecular weight excluding hydrogens is 312 g/mol. The summed E-state index contributed by atoms with van der Waals surface area (Å²) in [6, 6.07) is 6.09. The number of nitrogens with one attached hydrogen (secondary N) is 1. The molecule has 0 spiro atoms. The maximum atomic E-state index is 12.1. The van der Waals surface area contributed by atoms with Gasteiger partial charge in [-0.25, -0.2) is 18.2 Å². The van der Waals surface area contributed by atoms with Gasteiger partial charge >= 0.3 is 5.97 Å². The molecule has 2 rings (SSSR count). The van der Waals surface area contributed by atoms with E-state index < -0.39 is 21.7 Å². The van der Waals surface area contributed by atoms with Gasteiger partial charge in [0.05, 0.1) is 11.2 Å². The van der Waals surface area contributed by atoms with Crippen molar-refractivity contribution in [3.63, 3.8) is 0 Å². The van der Waals surface area contributed by atoms with Crippen LogP contribution >= 0.6 is 22.9 Å². The first-order valence-corrected chi connectivity index (χ1v) is 7.59. The van der Waals surface area contributed by atoms with Crippen LogP contribution in [0.3, 0.4) is 0 Å². The number of sulfonamides is 1. The summed E-state index contributed by atoms with van der Waals surface area (Å²) in [5.41, 5.74) is 0.910. The molecule has 0 unspecified atom stereocenters. The van der Waals surface area contributed by atoms with Crippen molar-refractivity contribution in [1.82, 2.24) is 4.98 Å². The lowest BCUT2D eigenvalue weighted by Crippen LogP contribution is -2.15. The molecule has 0 atom stereocenters. The molecule has 0 amide bonds. The monoisotopic (exact) mass is 318 g/mol. The molecule has 1 aromatic heterocycles. The minimum atomic E-state index is -4.00. The average Bonchev–Trinajstić information content (AvgIpc) is 2.77. The molecule has 0 radical (unpaired) electrons. The second kappa shape index (κ2) is 5.16.